The van der Waals surface area contributed by atoms with Gasteiger partial charge in [0.05, 0.1) is 16.8 Å². The van der Waals surface area contributed by atoms with Crippen LogP contribution in [0, 0.1) is 19.7 Å². The summed E-state index contributed by atoms with van der Waals surface area (Å²) in [6.45, 7) is 9.82. The molecule has 36 heavy (non-hydrogen) atoms. The number of benzene rings is 1. The third-order valence-corrected chi connectivity index (χ3v) is 6.11. The van der Waals surface area contributed by atoms with E-state index in [1.54, 1.807) is 13.8 Å². The molecule has 0 bridgehead atoms. The normalized spacial score (nSPS) is 13.9. The number of likely N-dealkylation sites (N-methyl/N-ethyl adjacent to an activating group) is 1. The largest absolute Gasteiger partial charge is 0.440 e. The van der Waals surface area contributed by atoms with E-state index in [-0.39, 0.29) is 22.7 Å². The highest BCUT2D eigenvalue weighted by Crippen LogP contribution is 2.39. The molecule has 3 rings (SSSR count). The highest BCUT2D eigenvalue weighted by atomic mass is 19.1. The number of nitrogens with zero attached hydrogens (tertiary/aromatic N) is 2. The molecule has 1 aromatic carbocycles. The number of hydrogen-bond acceptors (Lipinski definition) is 6. The molecule has 0 saturated heterocycles. The second kappa shape index (κ2) is 11.2. The zero-order valence-corrected chi connectivity index (χ0v) is 20.7. The first kappa shape index (κ1) is 26.6. The van der Waals surface area contributed by atoms with Gasteiger partial charge in [-0.3, -0.25) is 14.4 Å². The third kappa shape index (κ3) is 5.46. The molecule has 192 valence electrons. The van der Waals surface area contributed by atoms with Crippen LogP contribution in [0.5, 0.6) is 0 Å². The summed E-state index contributed by atoms with van der Waals surface area (Å²) in [7, 11) is 0. The van der Waals surface area contributed by atoms with Gasteiger partial charge in [0.25, 0.3) is 17.7 Å². The van der Waals surface area contributed by atoms with Crippen molar-refractivity contribution in [2.24, 2.45) is 5.73 Å². The van der Waals surface area contributed by atoms with Crippen molar-refractivity contribution in [3.63, 3.8) is 0 Å². The number of primary amides is 1. The Morgan fingerprint density at radius 2 is 1.92 bits per heavy atom. The van der Waals surface area contributed by atoms with Crippen LogP contribution in [0.25, 0.3) is 11.6 Å². The fourth-order valence-electron chi connectivity index (χ4n) is 4.21. The average molecular weight is 500 g/mol. The topological polar surface area (TPSA) is 138 Å². The van der Waals surface area contributed by atoms with Crippen LogP contribution in [0.1, 0.15) is 46.7 Å². The first-order chi connectivity index (χ1) is 17.1. The van der Waals surface area contributed by atoms with E-state index >= 15 is 0 Å². The van der Waals surface area contributed by atoms with Gasteiger partial charge in [-0.25, -0.2) is 14.1 Å². The first-order valence-corrected chi connectivity index (χ1v) is 11.6. The molecule has 11 heteroatoms. The molecule has 1 aliphatic heterocycles. The zero-order chi connectivity index (χ0) is 26.6. The predicted octanol–water partition coefficient (Wildman–Crippen LogP) is 2.35. The molecule has 0 fully saturated rings. The number of nitrogens with one attached hydrogen (secondary N) is 2. The second-order valence-corrected chi connectivity index (χ2v) is 8.31. The minimum absolute atomic E-state index is 0.0507. The van der Waals surface area contributed by atoms with Crippen molar-refractivity contribution in [2.75, 3.05) is 37.7 Å². The molecule has 1 aromatic heterocycles. The van der Waals surface area contributed by atoms with Crippen molar-refractivity contribution in [2.45, 2.75) is 27.7 Å². The lowest BCUT2D eigenvalue weighted by atomic mass is 10.0. The molecule has 0 radical (unpaired) electrons. The van der Waals surface area contributed by atoms with E-state index in [2.05, 4.69) is 33.8 Å². The predicted molar refractivity (Wildman–Crippen MR) is 133 cm³/mol. The Labute approximate surface area is 208 Å². The number of halogens is 1. The number of imide groups is 1. The second-order valence-electron chi connectivity index (χ2n) is 8.31. The number of aryl methyl sites for hydroxylation is 1. The van der Waals surface area contributed by atoms with Gasteiger partial charge in [0, 0.05) is 30.0 Å². The summed E-state index contributed by atoms with van der Waals surface area (Å²) in [6.07, 6.45) is 0.322. The Balaban J connectivity index is 1.92. The summed E-state index contributed by atoms with van der Waals surface area (Å²) in [5.74, 6) is -2.39. The molecule has 1 aliphatic rings. The maximum atomic E-state index is 14.1. The smallest absolute Gasteiger partial charge is 0.405 e. The van der Waals surface area contributed by atoms with Crippen molar-refractivity contribution in [3.8, 4) is 0 Å². The Kier molecular flexibility index (Phi) is 8.25. The summed E-state index contributed by atoms with van der Waals surface area (Å²) in [5.41, 5.74) is 7.46. The number of rotatable bonds is 9. The number of hydrogen-bond donors (Lipinski definition) is 3. The van der Waals surface area contributed by atoms with Crippen molar-refractivity contribution < 1.29 is 28.3 Å². The number of amides is 4. The highest BCUT2D eigenvalue weighted by molar-refractivity contribution is 6.42. The van der Waals surface area contributed by atoms with Gasteiger partial charge in [-0.15, -0.1) is 0 Å². The maximum Gasteiger partial charge on any atom is 0.405 e. The SMILES string of the molecule is CCN(CC)CCNC(=O)c1c(C)[nH]c(/C=C2\C(=O)N(C(=O)COC(N)=O)c3ccc(F)cc32)c1C. The van der Waals surface area contributed by atoms with Crippen LogP contribution in [0.15, 0.2) is 18.2 Å². The molecule has 2 heterocycles. The Morgan fingerprint density at radius 3 is 2.56 bits per heavy atom. The molecule has 0 atom stereocenters. The molecule has 0 saturated carbocycles. The molecule has 2 aromatic rings. The van der Waals surface area contributed by atoms with Crippen LogP contribution in [-0.4, -0.2) is 66.5 Å². The van der Waals surface area contributed by atoms with Crippen LogP contribution in [0.3, 0.4) is 0 Å². The van der Waals surface area contributed by atoms with E-state index in [9.17, 15) is 23.6 Å². The number of anilines is 1. The molecule has 10 nitrogen and oxygen atoms in total. The summed E-state index contributed by atoms with van der Waals surface area (Å²) in [5, 5.41) is 2.92. The zero-order valence-electron chi connectivity index (χ0n) is 20.7. The Bertz CT molecular complexity index is 1230. The Morgan fingerprint density at radius 1 is 1.22 bits per heavy atom. The van der Waals surface area contributed by atoms with Gasteiger partial charge >= 0.3 is 6.09 Å². The van der Waals surface area contributed by atoms with Crippen molar-refractivity contribution in [1.29, 1.82) is 0 Å². The van der Waals surface area contributed by atoms with E-state index in [0.717, 1.165) is 36.7 Å². The highest BCUT2D eigenvalue weighted by Gasteiger charge is 2.37. The number of aromatic amines is 1. The summed E-state index contributed by atoms with van der Waals surface area (Å²) in [6, 6.07) is 3.56. The number of ether oxygens (including phenoxy) is 1. The lowest BCUT2D eigenvalue weighted by molar-refractivity contribution is -0.125. The van der Waals surface area contributed by atoms with Gasteiger partial charge in [0.15, 0.2) is 6.61 Å². The minimum Gasteiger partial charge on any atom is -0.440 e. The van der Waals surface area contributed by atoms with E-state index < -0.39 is 30.3 Å². The molecule has 4 N–H and O–H groups in total. The molecular formula is C25H30FN5O5. The van der Waals surface area contributed by atoms with Crippen LogP contribution in [-0.2, 0) is 14.3 Å². The van der Waals surface area contributed by atoms with Crippen molar-refractivity contribution >= 4 is 41.2 Å². The fraction of sp³-hybridized carbons (Fsp3) is 0.360. The average Bonchev–Trinajstić information content (AvgIpc) is 3.26. The quantitative estimate of drug-likeness (QED) is 0.453. The maximum absolute atomic E-state index is 14.1. The minimum atomic E-state index is -1.16. The molecular weight excluding hydrogens is 469 g/mol. The van der Waals surface area contributed by atoms with Crippen LogP contribution >= 0.6 is 0 Å². The number of carbonyl (C=O) groups is 4. The van der Waals surface area contributed by atoms with Crippen LogP contribution < -0.4 is 16.0 Å². The molecule has 4 amide bonds. The summed E-state index contributed by atoms with van der Waals surface area (Å²) < 4.78 is 18.6. The first-order valence-electron chi connectivity index (χ1n) is 11.6. The van der Waals surface area contributed by atoms with E-state index in [1.807, 2.05) is 0 Å². The number of carbonyl (C=O) groups excluding carboxylic acids is 4. The molecule has 0 spiro atoms. The van der Waals surface area contributed by atoms with Gasteiger partial charge in [-0.2, -0.15) is 0 Å². The Hall–Kier alpha value is -3.99. The van der Waals surface area contributed by atoms with Gasteiger partial charge in [-0.1, -0.05) is 13.8 Å². The van der Waals surface area contributed by atoms with Crippen molar-refractivity contribution in [3.05, 3.63) is 52.1 Å². The summed E-state index contributed by atoms with van der Waals surface area (Å²) in [4.78, 5) is 55.7. The van der Waals surface area contributed by atoms with Gasteiger partial charge < -0.3 is 25.7 Å². The number of fused-ring (bicyclic) bond motifs is 1. The van der Waals surface area contributed by atoms with Crippen molar-refractivity contribution in [1.82, 2.24) is 15.2 Å². The number of H-pyrrole nitrogens is 1. The van der Waals surface area contributed by atoms with Crippen LogP contribution in [0.4, 0.5) is 14.9 Å². The lowest BCUT2D eigenvalue weighted by Crippen LogP contribution is -2.37. The fourth-order valence-corrected chi connectivity index (χ4v) is 4.21. The van der Waals surface area contributed by atoms with Gasteiger partial charge in [0.1, 0.15) is 5.82 Å². The monoisotopic (exact) mass is 499 g/mol. The van der Waals surface area contributed by atoms with E-state index in [0.29, 0.717) is 29.1 Å². The molecule has 0 aliphatic carbocycles. The van der Waals surface area contributed by atoms with E-state index in [1.165, 1.54) is 12.1 Å². The third-order valence-electron chi connectivity index (χ3n) is 6.11. The lowest BCUT2D eigenvalue weighted by Gasteiger charge is -2.18. The van der Waals surface area contributed by atoms with Gasteiger partial charge in [-0.05, 0) is 56.8 Å². The standard InChI is InChI=1S/C25H30FN5O5/c1-5-30(6-2)10-9-28-23(33)22-14(3)19(29-15(22)4)12-18-17-11-16(26)7-8-20(17)31(24(18)34)21(32)13-36-25(27)35/h7-8,11-12,29H,5-6,9-10,13H2,1-4H3,(H2,27,35)(H,28,33)/b18-12-. The van der Waals surface area contributed by atoms with E-state index in [4.69, 9.17) is 5.73 Å². The summed E-state index contributed by atoms with van der Waals surface area (Å²) >= 11 is 0. The van der Waals surface area contributed by atoms with Gasteiger partial charge in [0.2, 0.25) is 0 Å². The molecule has 0 unspecified atom stereocenters. The number of nitrogens with two attached hydrogens (primary N) is 1. The number of aromatic nitrogens is 1. The van der Waals surface area contributed by atoms with Crippen LogP contribution in [0.2, 0.25) is 0 Å².